The van der Waals surface area contributed by atoms with Crippen LogP contribution < -0.4 is 5.73 Å². The number of hydrogen-bond donors (Lipinski definition) is 1. The zero-order chi connectivity index (χ0) is 13.3. The molecule has 0 saturated heterocycles. The number of hydrogen-bond acceptors (Lipinski definition) is 5. The van der Waals surface area contributed by atoms with Gasteiger partial charge in [0.1, 0.15) is 0 Å². The molecule has 0 aromatic carbocycles. The van der Waals surface area contributed by atoms with Crippen molar-refractivity contribution in [2.45, 2.75) is 44.1 Å². The molecule has 2 N–H and O–H groups in total. The molecular weight excluding hydrogens is 242 g/mol. The molecule has 0 amide bonds. The van der Waals surface area contributed by atoms with Crippen molar-refractivity contribution in [3.63, 3.8) is 0 Å². The van der Waals surface area contributed by atoms with E-state index in [2.05, 4.69) is 15.2 Å². The van der Waals surface area contributed by atoms with Crippen molar-refractivity contribution in [1.82, 2.24) is 19.9 Å². The van der Waals surface area contributed by atoms with E-state index in [-0.39, 0.29) is 0 Å². The molecule has 6 heteroatoms. The van der Waals surface area contributed by atoms with Gasteiger partial charge < -0.3 is 10.3 Å². The minimum absolute atomic E-state index is 0.454. The lowest BCUT2D eigenvalue weighted by Gasteiger charge is -2.22. The van der Waals surface area contributed by atoms with Gasteiger partial charge in [0.2, 0.25) is 11.7 Å². The van der Waals surface area contributed by atoms with Gasteiger partial charge >= 0.3 is 0 Å². The minimum Gasteiger partial charge on any atom is -0.337 e. The van der Waals surface area contributed by atoms with Gasteiger partial charge in [-0.2, -0.15) is 10.1 Å². The quantitative estimate of drug-likeness (QED) is 0.836. The third kappa shape index (κ3) is 2.40. The Morgan fingerprint density at radius 1 is 1.26 bits per heavy atom. The third-order valence-electron chi connectivity index (χ3n) is 3.81. The van der Waals surface area contributed by atoms with Crippen LogP contribution in [0.3, 0.4) is 0 Å². The van der Waals surface area contributed by atoms with Crippen molar-refractivity contribution in [3.05, 3.63) is 18.3 Å². The molecule has 0 radical (unpaired) electrons. The van der Waals surface area contributed by atoms with Gasteiger partial charge in [0.25, 0.3) is 0 Å². The molecule has 1 fully saturated rings. The Morgan fingerprint density at radius 3 is 2.63 bits per heavy atom. The molecule has 6 nitrogen and oxygen atoms in total. The second-order valence-corrected chi connectivity index (χ2v) is 5.40. The maximum absolute atomic E-state index is 6.46. The molecule has 3 rings (SSSR count). The first-order valence-corrected chi connectivity index (χ1v) is 6.79. The minimum atomic E-state index is -0.454. The largest absolute Gasteiger partial charge is 0.337 e. The number of nitrogens with two attached hydrogens (primary N) is 1. The molecule has 1 saturated carbocycles. The van der Waals surface area contributed by atoms with Crippen molar-refractivity contribution >= 4 is 0 Å². The summed E-state index contributed by atoms with van der Waals surface area (Å²) in [6.07, 6.45) is 10.2. The molecule has 2 heterocycles. The number of nitrogens with zero attached hydrogens (tertiary/aromatic N) is 4. The van der Waals surface area contributed by atoms with Crippen LogP contribution in [0.1, 0.15) is 44.4 Å². The third-order valence-corrected chi connectivity index (χ3v) is 3.81. The van der Waals surface area contributed by atoms with Crippen molar-refractivity contribution < 1.29 is 4.52 Å². The summed E-state index contributed by atoms with van der Waals surface area (Å²) in [6.45, 7) is 0. The van der Waals surface area contributed by atoms with Gasteiger partial charge in [0, 0.05) is 13.2 Å². The van der Waals surface area contributed by atoms with Crippen molar-refractivity contribution in [2.24, 2.45) is 12.8 Å². The van der Waals surface area contributed by atoms with Gasteiger partial charge in [-0.3, -0.25) is 4.68 Å². The van der Waals surface area contributed by atoms with Crippen LogP contribution in [0, 0.1) is 0 Å². The van der Waals surface area contributed by atoms with Crippen LogP contribution in [0.2, 0.25) is 0 Å². The molecule has 1 aliphatic rings. The molecule has 0 aliphatic heterocycles. The van der Waals surface area contributed by atoms with E-state index in [9.17, 15) is 0 Å². The standard InChI is InChI=1S/C13H19N5O/c1-18-9-10(8-15-18)11-16-12(19-17-11)13(14)6-4-2-3-5-7-13/h8-9H,2-7,14H2,1H3. The zero-order valence-electron chi connectivity index (χ0n) is 11.2. The van der Waals surface area contributed by atoms with Crippen molar-refractivity contribution in [2.75, 3.05) is 0 Å². The van der Waals surface area contributed by atoms with Crippen molar-refractivity contribution in [3.8, 4) is 11.4 Å². The first kappa shape index (κ1) is 12.3. The van der Waals surface area contributed by atoms with Gasteiger partial charge in [-0.25, -0.2) is 0 Å². The van der Waals surface area contributed by atoms with Crippen LogP contribution >= 0.6 is 0 Å². The SMILES string of the molecule is Cn1cc(-c2noc(C3(N)CCCCCC3)n2)cn1. The highest BCUT2D eigenvalue weighted by Crippen LogP contribution is 2.33. The maximum Gasteiger partial charge on any atom is 0.247 e. The van der Waals surface area contributed by atoms with Crippen LogP contribution in [-0.4, -0.2) is 19.9 Å². The highest BCUT2D eigenvalue weighted by atomic mass is 16.5. The Kier molecular flexibility index (Phi) is 3.10. The Balaban J connectivity index is 1.87. The number of rotatable bonds is 2. The summed E-state index contributed by atoms with van der Waals surface area (Å²) in [6, 6.07) is 0. The molecular formula is C13H19N5O. The monoisotopic (exact) mass is 261 g/mol. The summed E-state index contributed by atoms with van der Waals surface area (Å²) in [5, 5.41) is 8.14. The van der Waals surface area contributed by atoms with Crippen LogP contribution in [0.5, 0.6) is 0 Å². The number of aromatic nitrogens is 4. The smallest absolute Gasteiger partial charge is 0.247 e. The second-order valence-electron chi connectivity index (χ2n) is 5.40. The Labute approximate surface area is 112 Å². The van der Waals surface area contributed by atoms with E-state index in [1.54, 1.807) is 10.9 Å². The molecule has 2 aromatic heterocycles. The summed E-state index contributed by atoms with van der Waals surface area (Å²) in [7, 11) is 1.86. The van der Waals surface area contributed by atoms with E-state index < -0.39 is 5.54 Å². The molecule has 0 spiro atoms. The molecule has 0 bridgehead atoms. The van der Waals surface area contributed by atoms with E-state index in [1.165, 1.54) is 12.8 Å². The topological polar surface area (TPSA) is 82.8 Å². The maximum atomic E-state index is 6.46. The Bertz CT molecular complexity index is 551. The summed E-state index contributed by atoms with van der Waals surface area (Å²) in [5.74, 6) is 1.13. The molecule has 102 valence electrons. The second kappa shape index (κ2) is 4.77. The fourth-order valence-corrected chi connectivity index (χ4v) is 2.65. The summed E-state index contributed by atoms with van der Waals surface area (Å²) >= 11 is 0. The molecule has 1 aliphatic carbocycles. The van der Waals surface area contributed by atoms with Gasteiger partial charge in [-0.1, -0.05) is 30.8 Å². The van der Waals surface area contributed by atoms with Crippen LogP contribution in [0.15, 0.2) is 16.9 Å². The fraction of sp³-hybridized carbons (Fsp3) is 0.615. The predicted octanol–water partition coefficient (Wildman–Crippen LogP) is 1.98. The fourth-order valence-electron chi connectivity index (χ4n) is 2.65. The lowest BCUT2D eigenvalue weighted by atomic mass is 9.91. The summed E-state index contributed by atoms with van der Waals surface area (Å²) in [4.78, 5) is 4.47. The van der Waals surface area contributed by atoms with E-state index in [1.807, 2.05) is 13.2 Å². The van der Waals surface area contributed by atoms with E-state index in [0.29, 0.717) is 11.7 Å². The highest BCUT2D eigenvalue weighted by Gasteiger charge is 2.34. The summed E-state index contributed by atoms with van der Waals surface area (Å²) < 4.78 is 7.12. The van der Waals surface area contributed by atoms with Crippen LogP contribution in [-0.2, 0) is 12.6 Å². The van der Waals surface area contributed by atoms with Crippen molar-refractivity contribution in [1.29, 1.82) is 0 Å². The van der Waals surface area contributed by atoms with E-state index in [0.717, 1.165) is 31.2 Å². The molecule has 19 heavy (non-hydrogen) atoms. The lowest BCUT2D eigenvalue weighted by molar-refractivity contribution is 0.257. The Morgan fingerprint density at radius 2 is 2.00 bits per heavy atom. The van der Waals surface area contributed by atoms with Crippen LogP contribution in [0.25, 0.3) is 11.4 Å². The first-order valence-electron chi connectivity index (χ1n) is 6.79. The zero-order valence-corrected chi connectivity index (χ0v) is 11.2. The van der Waals surface area contributed by atoms with E-state index >= 15 is 0 Å². The Hall–Kier alpha value is -1.69. The van der Waals surface area contributed by atoms with Gasteiger partial charge in [-0.15, -0.1) is 0 Å². The van der Waals surface area contributed by atoms with Gasteiger partial charge in [0.15, 0.2) is 0 Å². The predicted molar refractivity (Wildman–Crippen MR) is 70.1 cm³/mol. The first-order chi connectivity index (χ1) is 9.17. The van der Waals surface area contributed by atoms with E-state index in [4.69, 9.17) is 10.3 Å². The summed E-state index contributed by atoms with van der Waals surface area (Å²) in [5.41, 5.74) is 6.86. The molecule has 2 aromatic rings. The molecule has 0 unspecified atom stereocenters. The average molecular weight is 261 g/mol. The lowest BCUT2D eigenvalue weighted by Crippen LogP contribution is -2.36. The van der Waals surface area contributed by atoms with Crippen LogP contribution in [0.4, 0.5) is 0 Å². The number of aryl methyl sites for hydroxylation is 1. The average Bonchev–Trinajstić information content (AvgIpc) is 2.97. The normalized spacial score (nSPS) is 19.3. The highest BCUT2D eigenvalue weighted by molar-refractivity contribution is 5.51. The van der Waals surface area contributed by atoms with Gasteiger partial charge in [0.05, 0.1) is 17.3 Å². The molecule has 0 atom stereocenters. The van der Waals surface area contributed by atoms with Gasteiger partial charge in [-0.05, 0) is 12.8 Å².